The Bertz CT molecular complexity index is 1290. The topological polar surface area (TPSA) is 74.7 Å². The van der Waals surface area contributed by atoms with E-state index in [1.54, 1.807) is 6.92 Å². The number of H-pyrrole nitrogens is 1. The molecule has 0 bridgehead atoms. The maximum Gasteiger partial charge on any atom is 0.422 e. The number of nitrogens with one attached hydrogen (secondary N) is 1. The fourth-order valence-corrected chi connectivity index (χ4v) is 3.87. The van der Waals surface area contributed by atoms with Crippen molar-refractivity contribution in [2.24, 2.45) is 4.99 Å². The molecular weight excluding hydrogens is 459 g/mol. The van der Waals surface area contributed by atoms with E-state index >= 15 is 0 Å². The van der Waals surface area contributed by atoms with Crippen LogP contribution in [-0.4, -0.2) is 35.2 Å². The van der Waals surface area contributed by atoms with Crippen LogP contribution in [0.5, 0.6) is 5.75 Å². The predicted octanol–water partition coefficient (Wildman–Crippen LogP) is 5.70. The molecule has 0 amide bonds. The number of halogens is 5. The lowest BCUT2D eigenvalue weighted by atomic mass is 9.83. The number of methoxy groups -OCH3 is 1. The van der Waals surface area contributed by atoms with Crippen LogP contribution in [0.3, 0.4) is 0 Å². The van der Waals surface area contributed by atoms with Crippen LogP contribution in [0.25, 0.3) is 10.9 Å². The summed E-state index contributed by atoms with van der Waals surface area (Å²) in [6.07, 6.45) is -5.44. The van der Waals surface area contributed by atoms with Crippen molar-refractivity contribution in [2.75, 3.05) is 7.11 Å². The van der Waals surface area contributed by atoms with Crippen LogP contribution in [-0.2, 0) is 0 Å². The van der Waals surface area contributed by atoms with Gasteiger partial charge in [0.05, 0.1) is 18.3 Å². The fraction of sp³-hybridized carbons (Fsp3) is 0.333. The second-order valence-electron chi connectivity index (χ2n) is 7.99. The van der Waals surface area contributed by atoms with Gasteiger partial charge < -0.3 is 14.8 Å². The van der Waals surface area contributed by atoms with Crippen molar-refractivity contribution in [1.29, 1.82) is 0 Å². The maximum atomic E-state index is 14.0. The number of aromatic nitrogens is 1. The van der Waals surface area contributed by atoms with Gasteiger partial charge in [-0.3, -0.25) is 9.79 Å². The SMILES string of the molecule is CC[C@H](C[C@](O)(C=Nc1cc(F)cc2[nH]c(=O)ccc12)C(F)(F)F)c1ccc(F)c(C)c1OC. The number of benzene rings is 2. The Kier molecular flexibility index (Phi) is 7.11. The summed E-state index contributed by atoms with van der Waals surface area (Å²) in [5.41, 5.74) is -3.60. The summed E-state index contributed by atoms with van der Waals surface area (Å²) < 4.78 is 75.3. The zero-order valence-corrected chi connectivity index (χ0v) is 18.6. The molecule has 2 N–H and O–H groups in total. The van der Waals surface area contributed by atoms with Crippen molar-refractivity contribution >= 4 is 22.8 Å². The molecule has 1 aromatic heterocycles. The van der Waals surface area contributed by atoms with Crippen molar-refractivity contribution in [3.63, 3.8) is 0 Å². The van der Waals surface area contributed by atoms with E-state index in [4.69, 9.17) is 4.74 Å². The molecule has 5 nitrogen and oxygen atoms in total. The van der Waals surface area contributed by atoms with E-state index < -0.39 is 41.3 Å². The number of aliphatic hydroxyl groups is 1. The van der Waals surface area contributed by atoms with E-state index in [0.29, 0.717) is 11.8 Å². The summed E-state index contributed by atoms with van der Waals surface area (Å²) in [7, 11) is 1.29. The molecule has 0 saturated heterocycles. The highest BCUT2D eigenvalue weighted by molar-refractivity contribution is 5.92. The third-order valence-electron chi connectivity index (χ3n) is 5.75. The zero-order chi connectivity index (χ0) is 25.3. The first kappa shape index (κ1) is 25.4. The van der Waals surface area contributed by atoms with Gasteiger partial charge >= 0.3 is 6.18 Å². The Hall–Kier alpha value is -3.27. The van der Waals surface area contributed by atoms with Crippen molar-refractivity contribution < 1.29 is 31.8 Å². The molecule has 2 atom stereocenters. The number of ether oxygens (including phenoxy) is 1. The summed E-state index contributed by atoms with van der Waals surface area (Å²) in [6, 6.07) is 6.81. The molecule has 0 aliphatic rings. The Morgan fingerprint density at radius 2 is 1.88 bits per heavy atom. The lowest BCUT2D eigenvalue weighted by molar-refractivity contribution is -0.232. The van der Waals surface area contributed by atoms with Crippen LogP contribution in [0.4, 0.5) is 27.6 Å². The molecule has 0 aliphatic carbocycles. The number of alkyl halides is 3. The van der Waals surface area contributed by atoms with Crippen molar-refractivity contribution in [2.45, 2.75) is 44.4 Å². The van der Waals surface area contributed by atoms with E-state index in [2.05, 4.69) is 9.98 Å². The second-order valence-corrected chi connectivity index (χ2v) is 7.99. The number of pyridine rings is 1. The summed E-state index contributed by atoms with van der Waals surface area (Å²) in [6.45, 7) is 3.08. The van der Waals surface area contributed by atoms with Crippen LogP contribution in [0.1, 0.15) is 36.8 Å². The number of nitrogens with zero attached hydrogens (tertiary/aromatic N) is 1. The zero-order valence-electron chi connectivity index (χ0n) is 18.6. The number of hydrogen-bond acceptors (Lipinski definition) is 4. The minimum atomic E-state index is -5.12. The molecule has 0 aliphatic heterocycles. The van der Waals surface area contributed by atoms with Gasteiger partial charge in [0.15, 0.2) is 5.60 Å². The largest absolute Gasteiger partial charge is 0.496 e. The third-order valence-corrected chi connectivity index (χ3v) is 5.75. The van der Waals surface area contributed by atoms with E-state index in [0.717, 1.165) is 24.3 Å². The molecule has 3 aromatic rings. The van der Waals surface area contributed by atoms with Crippen molar-refractivity contribution in [1.82, 2.24) is 4.98 Å². The maximum absolute atomic E-state index is 14.0. The van der Waals surface area contributed by atoms with E-state index in [9.17, 15) is 31.9 Å². The van der Waals surface area contributed by atoms with Gasteiger partial charge in [0, 0.05) is 29.3 Å². The average molecular weight is 482 g/mol. The van der Waals surface area contributed by atoms with Crippen LogP contribution in [0.2, 0.25) is 0 Å². The van der Waals surface area contributed by atoms with Crippen LogP contribution in [0, 0.1) is 18.6 Å². The minimum Gasteiger partial charge on any atom is -0.496 e. The van der Waals surface area contributed by atoms with Crippen LogP contribution < -0.4 is 10.3 Å². The van der Waals surface area contributed by atoms with Crippen molar-refractivity contribution in [3.05, 3.63) is 69.5 Å². The molecule has 0 spiro atoms. The second kappa shape index (κ2) is 9.54. The van der Waals surface area contributed by atoms with Gasteiger partial charge in [-0.2, -0.15) is 13.2 Å². The number of fused-ring (bicyclic) bond motifs is 1. The van der Waals surface area contributed by atoms with Crippen LogP contribution in [0.15, 0.2) is 46.2 Å². The Morgan fingerprint density at radius 1 is 1.18 bits per heavy atom. The molecule has 34 heavy (non-hydrogen) atoms. The highest BCUT2D eigenvalue weighted by atomic mass is 19.4. The monoisotopic (exact) mass is 482 g/mol. The molecule has 0 fully saturated rings. The molecule has 182 valence electrons. The first-order valence-electron chi connectivity index (χ1n) is 10.4. The number of hydrogen-bond donors (Lipinski definition) is 2. The molecule has 0 saturated carbocycles. The highest BCUT2D eigenvalue weighted by Crippen LogP contribution is 2.42. The average Bonchev–Trinajstić information content (AvgIpc) is 2.76. The van der Waals surface area contributed by atoms with Crippen molar-refractivity contribution in [3.8, 4) is 5.75 Å². The lowest BCUT2D eigenvalue weighted by Gasteiger charge is -2.31. The number of rotatable bonds is 7. The minimum absolute atomic E-state index is 0.0492. The van der Waals surface area contributed by atoms with Gasteiger partial charge in [-0.05, 0) is 49.4 Å². The summed E-state index contributed by atoms with van der Waals surface area (Å²) in [4.78, 5) is 17.7. The molecule has 1 heterocycles. The van der Waals surface area contributed by atoms with E-state index in [1.165, 1.54) is 26.2 Å². The quantitative estimate of drug-likeness (QED) is 0.335. The summed E-state index contributed by atoms with van der Waals surface area (Å²) in [5, 5.41) is 10.9. The molecule has 0 radical (unpaired) electrons. The first-order chi connectivity index (χ1) is 15.9. The smallest absolute Gasteiger partial charge is 0.422 e. The van der Waals surface area contributed by atoms with Gasteiger partial charge in [-0.15, -0.1) is 0 Å². The molecular formula is C24H23F5N2O3. The Morgan fingerprint density at radius 3 is 2.50 bits per heavy atom. The van der Waals surface area contributed by atoms with Gasteiger partial charge in [0.25, 0.3) is 0 Å². The Balaban J connectivity index is 2.07. The van der Waals surface area contributed by atoms with Gasteiger partial charge in [0.2, 0.25) is 5.56 Å². The van der Waals surface area contributed by atoms with E-state index in [1.807, 2.05) is 0 Å². The highest BCUT2D eigenvalue weighted by Gasteiger charge is 2.53. The third kappa shape index (κ3) is 4.96. The number of aromatic amines is 1. The molecule has 0 unspecified atom stereocenters. The van der Waals surface area contributed by atoms with Gasteiger partial charge in [-0.1, -0.05) is 13.0 Å². The molecule has 2 aromatic carbocycles. The van der Waals surface area contributed by atoms with E-state index in [-0.39, 0.29) is 34.3 Å². The normalized spacial score (nSPS) is 15.0. The van der Waals surface area contributed by atoms with Gasteiger partial charge in [0.1, 0.15) is 17.4 Å². The number of aliphatic imine (C=N–C) groups is 1. The fourth-order valence-electron chi connectivity index (χ4n) is 3.87. The first-order valence-corrected chi connectivity index (χ1v) is 10.4. The lowest BCUT2D eigenvalue weighted by Crippen LogP contribution is -2.47. The standard InChI is InChI=1S/C24H23F5N2O3/c1-4-14(16-5-7-18(26)13(2)22(16)34-3)11-23(33,24(27,28)29)12-30-19-9-15(25)10-20-17(19)6-8-21(32)31-20/h5-10,12,14,33H,4,11H2,1-3H3,(H,31,32)/t14-,23+/m1/s1. The Labute approximate surface area is 191 Å². The molecule has 3 rings (SSSR count). The van der Waals surface area contributed by atoms with Crippen LogP contribution >= 0.6 is 0 Å². The summed E-state index contributed by atoms with van der Waals surface area (Å²) in [5.74, 6) is -2.16. The molecule has 10 heteroatoms. The summed E-state index contributed by atoms with van der Waals surface area (Å²) >= 11 is 0. The van der Waals surface area contributed by atoms with Gasteiger partial charge in [-0.25, -0.2) is 8.78 Å². The predicted molar refractivity (Wildman–Crippen MR) is 119 cm³/mol.